The number of hydrogen-bond donors (Lipinski definition) is 2. The molecule has 30 heavy (non-hydrogen) atoms. The lowest BCUT2D eigenvalue weighted by molar-refractivity contribution is -0.137. The van der Waals surface area contributed by atoms with Crippen LogP contribution in [0.15, 0.2) is 34.1 Å². The number of thioether (sulfide) groups is 1. The number of carboxylic acid groups (broad SMARTS) is 1. The minimum atomic E-state index is -0.924. The minimum Gasteiger partial charge on any atom is -0.481 e. The van der Waals surface area contributed by atoms with Crippen LogP contribution in [0.5, 0.6) is 0 Å². The zero-order valence-electron chi connectivity index (χ0n) is 16.6. The molecule has 0 spiro atoms. The number of pyridine rings is 1. The number of anilines is 1. The van der Waals surface area contributed by atoms with Crippen LogP contribution < -0.4 is 10.9 Å². The van der Waals surface area contributed by atoms with Crippen LogP contribution in [0.3, 0.4) is 0 Å². The number of amides is 1. The Morgan fingerprint density at radius 3 is 2.83 bits per heavy atom. The van der Waals surface area contributed by atoms with E-state index in [0.29, 0.717) is 39.6 Å². The highest BCUT2D eigenvalue weighted by Gasteiger charge is 2.32. The zero-order valence-corrected chi connectivity index (χ0v) is 18.3. The van der Waals surface area contributed by atoms with E-state index in [1.807, 2.05) is 13.8 Å². The van der Waals surface area contributed by atoms with Crippen molar-refractivity contribution in [3.8, 4) is 0 Å². The van der Waals surface area contributed by atoms with Gasteiger partial charge in [-0.05, 0) is 30.5 Å². The first-order chi connectivity index (χ1) is 14.3. The first-order valence-corrected chi connectivity index (χ1v) is 10.7. The van der Waals surface area contributed by atoms with Crippen LogP contribution in [0.1, 0.15) is 32.3 Å². The maximum absolute atomic E-state index is 13.1. The van der Waals surface area contributed by atoms with Crippen LogP contribution in [0.25, 0.3) is 11.7 Å². The molecule has 0 atom stereocenters. The molecular formula is C20H22N4O4S2. The average Bonchev–Trinajstić information content (AvgIpc) is 2.96. The van der Waals surface area contributed by atoms with E-state index in [2.05, 4.69) is 10.3 Å². The molecule has 0 radical (unpaired) electrons. The summed E-state index contributed by atoms with van der Waals surface area (Å²) in [7, 11) is 0. The summed E-state index contributed by atoms with van der Waals surface area (Å²) in [5.74, 6) is -0.507. The second-order valence-electron chi connectivity index (χ2n) is 7.21. The third-order valence-electron chi connectivity index (χ3n) is 4.37. The van der Waals surface area contributed by atoms with Crippen LogP contribution in [0, 0.1) is 5.92 Å². The van der Waals surface area contributed by atoms with Crippen LogP contribution in [0.2, 0.25) is 0 Å². The van der Waals surface area contributed by atoms with Crippen LogP contribution in [-0.2, 0) is 9.59 Å². The van der Waals surface area contributed by atoms with Gasteiger partial charge in [0.15, 0.2) is 0 Å². The lowest BCUT2D eigenvalue weighted by Gasteiger charge is -2.13. The van der Waals surface area contributed by atoms with Gasteiger partial charge in [0.1, 0.15) is 15.8 Å². The molecule has 2 aromatic rings. The van der Waals surface area contributed by atoms with Gasteiger partial charge in [-0.2, -0.15) is 0 Å². The van der Waals surface area contributed by atoms with Crippen molar-refractivity contribution >= 4 is 57.7 Å². The molecule has 0 aromatic carbocycles. The number of aromatic nitrogens is 2. The van der Waals surface area contributed by atoms with E-state index in [0.717, 1.165) is 11.8 Å². The molecule has 0 bridgehead atoms. The first-order valence-electron chi connectivity index (χ1n) is 9.50. The fourth-order valence-electron chi connectivity index (χ4n) is 2.88. The summed E-state index contributed by atoms with van der Waals surface area (Å²) in [6.07, 6.45) is 3.41. The van der Waals surface area contributed by atoms with Crippen LogP contribution in [0.4, 0.5) is 5.82 Å². The largest absolute Gasteiger partial charge is 0.481 e. The second kappa shape index (κ2) is 9.40. The van der Waals surface area contributed by atoms with E-state index in [-0.39, 0.29) is 30.0 Å². The Labute approximate surface area is 183 Å². The third kappa shape index (κ3) is 4.88. The summed E-state index contributed by atoms with van der Waals surface area (Å²) in [5.41, 5.74) is 0.500. The summed E-state index contributed by atoms with van der Waals surface area (Å²) < 4.78 is 1.78. The highest BCUT2D eigenvalue weighted by atomic mass is 32.2. The molecule has 1 aliphatic heterocycles. The number of rotatable bonds is 8. The predicted molar refractivity (Wildman–Crippen MR) is 122 cm³/mol. The maximum atomic E-state index is 13.1. The molecular weight excluding hydrogens is 424 g/mol. The molecule has 0 aliphatic carbocycles. The van der Waals surface area contributed by atoms with Crippen molar-refractivity contribution in [3.05, 3.63) is 45.2 Å². The lowest BCUT2D eigenvalue weighted by atomic mass is 10.2. The number of nitrogens with one attached hydrogen (secondary N) is 1. The quantitative estimate of drug-likeness (QED) is 0.471. The number of carbonyl (C=O) groups is 2. The molecule has 1 saturated heterocycles. The van der Waals surface area contributed by atoms with Crippen LogP contribution in [-0.4, -0.2) is 48.7 Å². The fraction of sp³-hybridized carbons (Fsp3) is 0.350. The van der Waals surface area contributed by atoms with E-state index in [4.69, 9.17) is 17.3 Å². The number of thiocarbonyl (C=S) groups is 1. The number of carbonyl (C=O) groups excluding carboxylic acids is 1. The average molecular weight is 447 g/mol. The summed E-state index contributed by atoms with van der Waals surface area (Å²) in [4.78, 5) is 42.9. The SMILES string of the molecule is CC(C)CNc1nc2ccccn2c(=O)c1/C=C1/SC(=S)N(CCCC(=O)O)C1=O. The molecule has 2 N–H and O–H groups in total. The zero-order chi connectivity index (χ0) is 21.8. The van der Waals surface area contributed by atoms with Crippen LogP contribution >= 0.6 is 24.0 Å². The molecule has 2 aromatic heterocycles. The van der Waals surface area contributed by atoms with Gasteiger partial charge in [0.2, 0.25) is 0 Å². The highest BCUT2D eigenvalue weighted by molar-refractivity contribution is 8.26. The van der Waals surface area contributed by atoms with Gasteiger partial charge >= 0.3 is 5.97 Å². The summed E-state index contributed by atoms with van der Waals surface area (Å²) in [6.45, 7) is 4.93. The normalized spacial score (nSPS) is 15.6. The molecule has 0 unspecified atom stereocenters. The Bertz CT molecular complexity index is 1090. The van der Waals surface area contributed by atoms with Gasteiger partial charge in [0, 0.05) is 25.7 Å². The molecule has 8 nitrogen and oxygen atoms in total. The molecule has 1 aliphatic rings. The molecule has 10 heteroatoms. The van der Waals surface area contributed by atoms with Crippen molar-refractivity contribution in [1.29, 1.82) is 0 Å². The number of fused-ring (bicyclic) bond motifs is 1. The Morgan fingerprint density at radius 1 is 1.37 bits per heavy atom. The second-order valence-corrected chi connectivity index (χ2v) is 8.89. The standard InChI is InChI=1S/C20H22N4O4S2/c1-12(2)11-21-17-13(18(27)23-8-4-3-6-15(23)22-17)10-14-19(28)24(20(29)30-14)9-5-7-16(25)26/h3-4,6,8,10,12,21H,5,7,9,11H2,1-2H3,(H,25,26)/b14-10+. The maximum Gasteiger partial charge on any atom is 0.303 e. The van der Waals surface area contributed by atoms with Gasteiger partial charge < -0.3 is 10.4 Å². The van der Waals surface area contributed by atoms with Crippen molar-refractivity contribution in [2.45, 2.75) is 26.7 Å². The highest BCUT2D eigenvalue weighted by Crippen LogP contribution is 2.33. The predicted octanol–water partition coefficient (Wildman–Crippen LogP) is 2.83. The molecule has 3 rings (SSSR count). The van der Waals surface area contributed by atoms with Crippen molar-refractivity contribution < 1.29 is 14.7 Å². The van der Waals surface area contributed by atoms with Crippen molar-refractivity contribution in [1.82, 2.24) is 14.3 Å². The molecule has 1 amide bonds. The van der Waals surface area contributed by atoms with Gasteiger partial charge in [-0.1, -0.05) is 43.9 Å². The number of aliphatic carboxylic acids is 1. The number of nitrogens with zero attached hydrogens (tertiary/aromatic N) is 3. The first kappa shape index (κ1) is 22.0. The van der Waals surface area contributed by atoms with Gasteiger partial charge in [-0.3, -0.25) is 23.7 Å². The Hall–Kier alpha value is -2.72. The van der Waals surface area contributed by atoms with E-state index < -0.39 is 5.97 Å². The Kier molecular flexibility index (Phi) is 6.88. The smallest absolute Gasteiger partial charge is 0.303 e. The summed E-state index contributed by atoms with van der Waals surface area (Å²) >= 11 is 6.38. The van der Waals surface area contributed by atoms with Gasteiger partial charge in [0.05, 0.1) is 10.5 Å². The third-order valence-corrected chi connectivity index (χ3v) is 5.75. The van der Waals surface area contributed by atoms with Crippen molar-refractivity contribution in [3.63, 3.8) is 0 Å². The summed E-state index contributed by atoms with van der Waals surface area (Å²) in [5, 5.41) is 12.0. The van der Waals surface area contributed by atoms with Gasteiger partial charge in [0.25, 0.3) is 11.5 Å². The topological polar surface area (TPSA) is 104 Å². The summed E-state index contributed by atoms with van der Waals surface area (Å²) in [6, 6.07) is 5.28. The van der Waals surface area contributed by atoms with Crippen molar-refractivity contribution in [2.24, 2.45) is 5.92 Å². The van der Waals surface area contributed by atoms with E-state index in [1.54, 1.807) is 24.4 Å². The van der Waals surface area contributed by atoms with Crippen molar-refractivity contribution in [2.75, 3.05) is 18.4 Å². The van der Waals surface area contributed by atoms with E-state index in [1.165, 1.54) is 15.4 Å². The minimum absolute atomic E-state index is 0.0463. The number of hydrogen-bond acceptors (Lipinski definition) is 7. The van der Waals surface area contributed by atoms with Gasteiger partial charge in [-0.15, -0.1) is 0 Å². The Morgan fingerprint density at radius 2 is 2.13 bits per heavy atom. The molecule has 158 valence electrons. The number of carboxylic acids is 1. The Balaban J connectivity index is 1.98. The molecule has 1 fully saturated rings. The van der Waals surface area contributed by atoms with E-state index in [9.17, 15) is 14.4 Å². The fourth-order valence-corrected chi connectivity index (χ4v) is 4.17. The van der Waals surface area contributed by atoms with E-state index >= 15 is 0 Å². The molecule has 0 saturated carbocycles. The molecule has 3 heterocycles. The monoisotopic (exact) mass is 446 g/mol. The van der Waals surface area contributed by atoms with Gasteiger partial charge in [-0.25, -0.2) is 4.98 Å². The lowest BCUT2D eigenvalue weighted by Crippen LogP contribution is -2.29.